The molecule has 1 aliphatic heterocycles. The Morgan fingerprint density at radius 2 is 2.07 bits per heavy atom. The Bertz CT molecular complexity index is 226. The molecule has 2 saturated carbocycles. The Labute approximate surface area is 86.3 Å². The molecule has 2 heteroatoms. The van der Waals surface area contributed by atoms with Gasteiger partial charge in [-0.05, 0) is 56.4 Å². The van der Waals surface area contributed by atoms with E-state index in [1.165, 1.54) is 51.6 Å². The Morgan fingerprint density at radius 1 is 1.21 bits per heavy atom. The maximum absolute atomic E-state index is 9.18. The highest BCUT2D eigenvalue weighted by Gasteiger charge is 2.46. The van der Waals surface area contributed by atoms with Crippen molar-refractivity contribution in [2.45, 2.75) is 44.6 Å². The van der Waals surface area contributed by atoms with Gasteiger partial charge in [0.1, 0.15) is 0 Å². The van der Waals surface area contributed by atoms with Crippen LogP contribution in [0.5, 0.6) is 0 Å². The quantitative estimate of drug-likeness (QED) is 0.724. The molecule has 2 nitrogen and oxygen atoms in total. The predicted molar refractivity (Wildman–Crippen MR) is 56.1 cm³/mol. The SMILES string of the molecule is OCC1CCC2(CCN(C3CC3)C2)C1. The average Bonchev–Trinajstić information content (AvgIpc) is 2.87. The topological polar surface area (TPSA) is 23.5 Å². The van der Waals surface area contributed by atoms with Crippen LogP contribution in [0.3, 0.4) is 0 Å². The summed E-state index contributed by atoms with van der Waals surface area (Å²) in [6, 6.07) is 0.947. The second-order valence-corrected chi connectivity index (χ2v) is 5.74. The summed E-state index contributed by atoms with van der Waals surface area (Å²) in [6.07, 6.45) is 8.24. The van der Waals surface area contributed by atoms with Gasteiger partial charge in [-0.15, -0.1) is 0 Å². The zero-order valence-corrected chi connectivity index (χ0v) is 8.91. The third-order valence-electron chi connectivity index (χ3n) is 4.59. The van der Waals surface area contributed by atoms with Crippen LogP contribution in [0.15, 0.2) is 0 Å². The Kier molecular flexibility index (Phi) is 2.10. The third kappa shape index (κ3) is 1.49. The molecule has 80 valence electrons. The normalized spacial score (nSPS) is 43.9. The van der Waals surface area contributed by atoms with E-state index in [1.54, 1.807) is 0 Å². The van der Waals surface area contributed by atoms with Crippen molar-refractivity contribution >= 4 is 0 Å². The summed E-state index contributed by atoms with van der Waals surface area (Å²) in [5.41, 5.74) is 0.621. The van der Waals surface area contributed by atoms with Crippen molar-refractivity contribution in [3.8, 4) is 0 Å². The molecule has 3 fully saturated rings. The van der Waals surface area contributed by atoms with E-state index in [-0.39, 0.29) is 0 Å². The number of likely N-dealkylation sites (tertiary alicyclic amines) is 1. The lowest BCUT2D eigenvalue weighted by molar-refractivity contribution is 0.203. The highest BCUT2D eigenvalue weighted by atomic mass is 16.3. The molecule has 1 saturated heterocycles. The van der Waals surface area contributed by atoms with E-state index in [4.69, 9.17) is 0 Å². The molecule has 2 atom stereocenters. The minimum absolute atomic E-state index is 0.422. The van der Waals surface area contributed by atoms with E-state index in [1.807, 2.05) is 0 Å². The smallest absolute Gasteiger partial charge is 0.0459 e. The maximum atomic E-state index is 9.18. The molecule has 2 aliphatic carbocycles. The lowest BCUT2D eigenvalue weighted by atomic mass is 9.84. The summed E-state index contributed by atoms with van der Waals surface area (Å²) in [4.78, 5) is 2.71. The van der Waals surface area contributed by atoms with Crippen LogP contribution in [0.1, 0.15) is 38.5 Å². The zero-order valence-electron chi connectivity index (χ0n) is 8.91. The summed E-state index contributed by atoms with van der Waals surface area (Å²) in [7, 11) is 0. The van der Waals surface area contributed by atoms with Crippen LogP contribution in [-0.4, -0.2) is 35.7 Å². The van der Waals surface area contributed by atoms with Gasteiger partial charge >= 0.3 is 0 Å². The van der Waals surface area contributed by atoms with Gasteiger partial charge in [-0.2, -0.15) is 0 Å². The monoisotopic (exact) mass is 195 g/mol. The summed E-state index contributed by atoms with van der Waals surface area (Å²) < 4.78 is 0. The second kappa shape index (κ2) is 3.21. The lowest BCUT2D eigenvalue weighted by Crippen LogP contribution is -2.27. The molecule has 14 heavy (non-hydrogen) atoms. The summed E-state index contributed by atoms with van der Waals surface area (Å²) >= 11 is 0. The summed E-state index contributed by atoms with van der Waals surface area (Å²) in [5, 5.41) is 9.18. The number of rotatable bonds is 2. The van der Waals surface area contributed by atoms with Crippen LogP contribution in [0.25, 0.3) is 0 Å². The van der Waals surface area contributed by atoms with Crippen LogP contribution < -0.4 is 0 Å². The van der Waals surface area contributed by atoms with Crippen LogP contribution in [0.2, 0.25) is 0 Å². The summed E-state index contributed by atoms with van der Waals surface area (Å²) in [6.45, 7) is 3.10. The van der Waals surface area contributed by atoms with Gasteiger partial charge in [0.05, 0.1) is 0 Å². The standard InChI is InChI=1S/C12H21NO/c14-8-10-3-4-12(7-10)5-6-13(9-12)11-1-2-11/h10-11,14H,1-9H2. The van der Waals surface area contributed by atoms with Gasteiger partial charge in [-0.25, -0.2) is 0 Å². The van der Waals surface area contributed by atoms with Crippen molar-refractivity contribution in [3.05, 3.63) is 0 Å². The highest BCUT2D eigenvalue weighted by Crippen LogP contribution is 2.49. The molecule has 0 aromatic carbocycles. The first-order valence-corrected chi connectivity index (χ1v) is 6.16. The minimum Gasteiger partial charge on any atom is -0.396 e. The number of hydrogen-bond acceptors (Lipinski definition) is 2. The van der Waals surface area contributed by atoms with Crippen molar-refractivity contribution < 1.29 is 5.11 Å². The van der Waals surface area contributed by atoms with Gasteiger partial charge in [-0.3, -0.25) is 4.90 Å². The highest BCUT2D eigenvalue weighted by molar-refractivity contribution is 4.99. The first kappa shape index (κ1) is 9.17. The summed E-state index contributed by atoms with van der Waals surface area (Å²) in [5.74, 6) is 0.620. The van der Waals surface area contributed by atoms with Crippen molar-refractivity contribution in [1.82, 2.24) is 4.90 Å². The number of aliphatic hydroxyl groups excluding tert-OH is 1. The first-order chi connectivity index (χ1) is 6.81. The number of hydrogen-bond donors (Lipinski definition) is 1. The van der Waals surface area contributed by atoms with Crippen molar-refractivity contribution in [2.75, 3.05) is 19.7 Å². The van der Waals surface area contributed by atoms with Gasteiger partial charge < -0.3 is 5.11 Å². The van der Waals surface area contributed by atoms with Crippen LogP contribution >= 0.6 is 0 Å². The molecule has 1 spiro atoms. The Balaban J connectivity index is 1.63. The molecule has 0 radical (unpaired) electrons. The van der Waals surface area contributed by atoms with Crippen LogP contribution in [0.4, 0.5) is 0 Å². The molecular formula is C12H21NO. The molecular weight excluding hydrogens is 174 g/mol. The Morgan fingerprint density at radius 3 is 2.71 bits per heavy atom. The fourth-order valence-corrected chi connectivity index (χ4v) is 3.57. The fraction of sp³-hybridized carbons (Fsp3) is 1.00. The van der Waals surface area contributed by atoms with Gasteiger partial charge in [0.15, 0.2) is 0 Å². The lowest BCUT2D eigenvalue weighted by Gasteiger charge is -2.24. The molecule has 0 aromatic rings. The van der Waals surface area contributed by atoms with Gasteiger partial charge in [0.25, 0.3) is 0 Å². The fourth-order valence-electron chi connectivity index (χ4n) is 3.57. The molecule has 1 heterocycles. The molecule has 0 aromatic heterocycles. The van der Waals surface area contributed by atoms with Crippen molar-refractivity contribution in [2.24, 2.45) is 11.3 Å². The van der Waals surface area contributed by atoms with E-state index in [0.29, 0.717) is 17.9 Å². The molecule has 3 aliphatic rings. The van der Waals surface area contributed by atoms with E-state index in [0.717, 1.165) is 6.04 Å². The van der Waals surface area contributed by atoms with Crippen LogP contribution in [-0.2, 0) is 0 Å². The largest absolute Gasteiger partial charge is 0.396 e. The molecule has 3 rings (SSSR count). The van der Waals surface area contributed by atoms with Crippen LogP contribution in [0, 0.1) is 11.3 Å². The number of nitrogens with zero attached hydrogens (tertiary/aromatic N) is 1. The Hall–Kier alpha value is -0.0800. The maximum Gasteiger partial charge on any atom is 0.0459 e. The van der Waals surface area contributed by atoms with Gasteiger partial charge in [0, 0.05) is 19.2 Å². The molecule has 0 amide bonds. The van der Waals surface area contributed by atoms with Crippen molar-refractivity contribution in [1.29, 1.82) is 0 Å². The van der Waals surface area contributed by atoms with E-state index in [9.17, 15) is 5.11 Å². The zero-order chi connectivity index (χ0) is 9.60. The average molecular weight is 195 g/mol. The van der Waals surface area contributed by atoms with E-state index < -0.39 is 0 Å². The molecule has 1 N–H and O–H groups in total. The molecule has 2 unspecified atom stereocenters. The van der Waals surface area contributed by atoms with E-state index >= 15 is 0 Å². The van der Waals surface area contributed by atoms with Gasteiger partial charge in [-0.1, -0.05) is 0 Å². The third-order valence-corrected chi connectivity index (χ3v) is 4.59. The van der Waals surface area contributed by atoms with E-state index in [2.05, 4.69) is 4.90 Å². The van der Waals surface area contributed by atoms with Gasteiger partial charge in [0.2, 0.25) is 0 Å². The predicted octanol–water partition coefficient (Wildman–Crippen LogP) is 1.63. The minimum atomic E-state index is 0.422. The van der Waals surface area contributed by atoms with Crippen molar-refractivity contribution in [3.63, 3.8) is 0 Å². The first-order valence-electron chi connectivity index (χ1n) is 6.16. The second-order valence-electron chi connectivity index (χ2n) is 5.74. The molecule has 0 bridgehead atoms. The number of aliphatic hydroxyl groups is 1.